The van der Waals surface area contributed by atoms with E-state index in [0.29, 0.717) is 17.5 Å². The van der Waals surface area contributed by atoms with Gasteiger partial charge < -0.3 is 5.32 Å². The number of hydrogen-bond donors (Lipinski definition) is 3. The fraction of sp³-hybridized carbons (Fsp3) is 0.286. The van der Waals surface area contributed by atoms with Gasteiger partial charge in [-0.3, -0.25) is 25.3 Å². The van der Waals surface area contributed by atoms with Crippen molar-refractivity contribution >= 4 is 23.5 Å². The Morgan fingerprint density at radius 1 is 1.36 bits per heavy atom. The highest BCUT2D eigenvalue weighted by atomic mass is 16.2. The number of hydrazine groups is 1. The Morgan fingerprint density at radius 3 is 2.77 bits per heavy atom. The van der Waals surface area contributed by atoms with Gasteiger partial charge in [-0.25, -0.2) is 5.01 Å². The summed E-state index contributed by atoms with van der Waals surface area (Å²) in [5, 5.41) is 7.02. The van der Waals surface area contributed by atoms with Crippen LogP contribution in [-0.2, 0) is 9.59 Å². The molecule has 2 amide bonds. The molecule has 1 fully saturated rings. The highest BCUT2D eigenvalue weighted by Crippen LogP contribution is 2.19. The molecule has 0 saturated carbocycles. The van der Waals surface area contributed by atoms with Crippen molar-refractivity contribution in [2.45, 2.75) is 26.3 Å². The van der Waals surface area contributed by atoms with Crippen LogP contribution in [0, 0.1) is 0 Å². The number of anilines is 1. The van der Waals surface area contributed by atoms with Crippen molar-refractivity contribution in [1.82, 2.24) is 20.7 Å². The zero-order valence-electron chi connectivity index (χ0n) is 12.3. The number of carbonyl (C=O) groups excluding carboxylic acids is 2. The number of aromatic nitrogens is 1. The van der Waals surface area contributed by atoms with Gasteiger partial charge in [0.25, 0.3) is 0 Å². The minimum Gasteiger partial charge on any atom is -0.324 e. The number of rotatable bonds is 2. The van der Waals surface area contributed by atoms with Crippen molar-refractivity contribution in [2.24, 2.45) is 4.99 Å². The van der Waals surface area contributed by atoms with E-state index in [4.69, 9.17) is 0 Å². The van der Waals surface area contributed by atoms with Crippen molar-refractivity contribution in [3.05, 3.63) is 35.9 Å². The summed E-state index contributed by atoms with van der Waals surface area (Å²) in [6, 6.07) is 2.71. The summed E-state index contributed by atoms with van der Waals surface area (Å²) >= 11 is 0. The monoisotopic (exact) mass is 300 g/mol. The summed E-state index contributed by atoms with van der Waals surface area (Å²) < 4.78 is 0. The molecule has 0 radical (unpaired) electrons. The van der Waals surface area contributed by atoms with E-state index in [1.165, 1.54) is 0 Å². The molecule has 0 aliphatic carbocycles. The Kier molecular flexibility index (Phi) is 3.50. The predicted molar refractivity (Wildman–Crippen MR) is 80.2 cm³/mol. The highest BCUT2D eigenvalue weighted by Gasteiger charge is 2.39. The summed E-state index contributed by atoms with van der Waals surface area (Å²) in [5.41, 5.74) is 4.64. The molecule has 22 heavy (non-hydrogen) atoms. The second-order valence-electron chi connectivity index (χ2n) is 5.26. The van der Waals surface area contributed by atoms with Gasteiger partial charge in [-0.05, 0) is 31.6 Å². The van der Waals surface area contributed by atoms with Crippen molar-refractivity contribution in [1.29, 1.82) is 0 Å². The zero-order valence-corrected chi connectivity index (χ0v) is 12.3. The average molecular weight is 300 g/mol. The van der Waals surface area contributed by atoms with Gasteiger partial charge in [0.15, 0.2) is 0 Å². The Labute approximate surface area is 127 Å². The molecular weight excluding hydrogens is 284 g/mol. The first-order chi connectivity index (χ1) is 10.5. The number of carbonyl (C=O) groups is 2. The number of allylic oxidation sites excluding steroid dienone is 1. The molecule has 3 rings (SSSR count). The topological polar surface area (TPSA) is 98.7 Å². The number of nitrogens with one attached hydrogen (secondary N) is 3. The van der Waals surface area contributed by atoms with Crippen LogP contribution in [0.1, 0.15) is 20.3 Å². The zero-order chi connectivity index (χ0) is 15.7. The normalized spacial score (nSPS) is 19.8. The second-order valence-corrected chi connectivity index (χ2v) is 5.26. The summed E-state index contributed by atoms with van der Waals surface area (Å²) in [5.74, 6) is 0.471. The molecule has 0 aromatic carbocycles. The molecule has 1 aromatic rings. The van der Waals surface area contributed by atoms with Crippen molar-refractivity contribution in [3.63, 3.8) is 0 Å². The first-order valence-electron chi connectivity index (χ1n) is 6.87. The van der Waals surface area contributed by atoms with Crippen LogP contribution in [0.15, 0.2) is 40.9 Å². The van der Waals surface area contributed by atoms with Gasteiger partial charge in [-0.1, -0.05) is 0 Å². The maximum atomic E-state index is 12.5. The minimum atomic E-state index is -0.669. The lowest BCUT2D eigenvalue weighted by atomic mass is 10.1. The Bertz CT molecular complexity index is 678. The Hall–Kier alpha value is -2.90. The third kappa shape index (κ3) is 2.62. The van der Waals surface area contributed by atoms with Crippen LogP contribution in [-0.4, -0.2) is 33.8 Å². The standard InChI is InChI=1S/C14H16N6O2/c1-8(2)12-18-14-17-11(21)7-10(20(14)19-12)13(22)16-9-3-5-15-6-4-9/h3-6,10,19H,7H2,1-2H3,(H,15,16,22)(H,17,18,21). The molecule has 0 bridgehead atoms. The van der Waals surface area contributed by atoms with Crippen LogP contribution in [0.3, 0.4) is 0 Å². The second kappa shape index (κ2) is 5.47. The van der Waals surface area contributed by atoms with Gasteiger partial charge in [0.1, 0.15) is 11.9 Å². The highest BCUT2D eigenvalue weighted by molar-refractivity contribution is 6.07. The molecule has 3 heterocycles. The van der Waals surface area contributed by atoms with Gasteiger partial charge in [0.2, 0.25) is 17.8 Å². The van der Waals surface area contributed by atoms with E-state index < -0.39 is 6.04 Å². The molecule has 2 aliphatic rings. The molecule has 2 aliphatic heterocycles. The van der Waals surface area contributed by atoms with E-state index in [1.807, 2.05) is 13.8 Å². The quantitative estimate of drug-likeness (QED) is 0.731. The van der Waals surface area contributed by atoms with E-state index in [0.717, 1.165) is 5.57 Å². The van der Waals surface area contributed by atoms with E-state index in [-0.39, 0.29) is 18.2 Å². The van der Waals surface area contributed by atoms with Crippen LogP contribution in [0.25, 0.3) is 0 Å². The summed E-state index contributed by atoms with van der Waals surface area (Å²) in [7, 11) is 0. The van der Waals surface area contributed by atoms with Gasteiger partial charge in [0.05, 0.1) is 6.42 Å². The van der Waals surface area contributed by atoms with Gasteiger partial charge in [-0.15, -0.1) is 0 Å². The van der Waals surface area contributed by atoms with Gasteiger partial charge in [-0.2, -0.15) is 4.99 Å². The maximum Gasteiger partial charge on any atom is 0.249 e. The smallest absolute Gasteiger partial charge is 0.249 e. The number of pyridine rings is 1. The number of hydrogen-bond acceptors (Lipinski definition) is 6. The predicted octanol–water partition coefficient (Wildman–Crippen LogP) is 0.336. The lowest BCUT2D eigenvalue weighted by Crippen LogP contribution is -2.61. The van der Waals surface area contributed by atoms with Crippen molar-refractivity contribution < 1.29 is 9.59 Å². The van der Waals surface area contributed by atoms with Crippen LogP contribution < -0.4 is 16.1 Å². The average Bonchev–Trinajstić information content (AvgIpc) is 2.91. The van der Waals surface area contributed by atoms with E-state index >= 15 is 0 Å². The fourth-order valence-electron chi connectivity index (χ4n) is 2.20. The lowest BCUT2D eigenvalue weighted by molar-refractivity contribution is -0.129. The summed E-state index contributed by atoms with van der Waals surface area (Å²) in [6.45, 7) is 3.80. The van der Waals surface area contributed by atoms with Gasteiger partial charge >= 0.3 is 0 Å². The van der Waals surface area contributed by atoms with E-state index in [9.17, 15) is 9.59 Å². The van der Waals surface area contributed by atoms with Crippen LogP contribution in [0.5, 0.6) is 0 Å². The van der Waals surface area contributed by atoms with Gasteiger partial charge in [0, 0.05) is 18.1 Å². The van der Waals surface area contributed by atoms with E-state index in [2.05, 4.69) is 26.0 Å². The molecule has 1 saturated heterocycles. The fourth-order valence-corrected chi connectivity index (χ4v) is 2.20. The van der Waals surface area contributed by atoms with Crippen LogP contribution >= 0.6 is 0 Å². The molecule has 1 unspecified atom stereocenters. The summed E-state index contributed by atoms with van der Waals surface area (Å²) in [6.07, 6.45) is 3.23. The van der Waals surface area contributed by atoms with Crippen molar-refractivity contribution in [3.8, 4) is 0 Å². The number of fused-ring (bicyclic) bond motifs is 1. The molecule has 0 spiro atoms. The largest absolute Gasteiger partial charge is 0.324 e. The van der Waals surface area contributed by atoms with Crippen LogP contribution in [0.4, 0.5) is 5.69 Å². The van der Waals surface area contributed by atoms with Crippen LogP contribution in [0.2, 0.25) is 0 Å². The number of aliphatic imine (C=N–C) groups is 1. The Balaban J connectivity index is 1.81. The molecule has 8 nitrogen and oxygen atoms in total. The molecular formula is C14H16N6O2. The Morgan fingerprint density at radius 2 is 2.09 bits per heavy atom. The maximum absolute atomic E-state index is 12.5. The molecule has 1 atom stereocenters. The SMILES string of the molecule is CC(C)=C1N=C2NC(=O)CC(C(=O)Nc3ccncc3)N2N1. The number of nitrogens with zero attached hydrogens (tertiary/aromatic N) is 3. The third-order valence-corrected chi connectivity index (χ3v) is 3.34. The molecule has 1 aromatic heterocycles. The lowest BCUT2D eigenvalue weighted by Gasteiger charge is -2.32. The molecule has 3 N–H and O–H groups in total. The van der Waals surface area contributed by atoms with E-state index in [1.54, 1.807) is 29.5 Å². The minimum absolute atomic E-state index is 0.0545. The molecule has 114 valence electrons. The first-order valence-corrected chi connectivity index (χ1v) is 6.87. The molecule has 8 heteroatoms. The third-order valence-electron chi connectivity index (χ3n) is 3.34. The summed E-state index contributed by atoms with van der Waals surface area (Å²) in [4.78, 5) is 32.5. The number of guanidine groups is 1. The van der Waals surface area contributed by atoms with Crippen molar-refractivity contribution in [2.75, 3.05) is 5.32 Å². The first kappa shape index (κ1) is 14.1. The number of amides is 2.